The first-order valence-electron chi connectivity index (χ1n) is 18.5. The lowest BCUT2D eigenvalue weighted by Gasteiger charge is -2.11. The molecule has 0 spiro atoms. The molecule has 0 saturated heterocycles. The van der Waals surface area contributed by atoms with Gasteiger partial charge in [0.05, 0.1) is 0 Å². The summed E-state index contributed by atoms with van der Waals surface area (Å²) in [4.78, 5) is 15.5. The van der Waals surface area contributed by atoms with Crippen LogP contribution >= 0.6 is 0 Å². The number of hydrogen-bond donors (Lipinski definition) is 0. The Morgan fingerprint density at radius 3 is 1.47 bits per heavy atom. The third kappa shape index (κ3) is 5.43. The van der Waals surface area contributed by atoms with E-state index in [-0.39, 0.29) is 0 Å². The number of benzene rings is 9. The summed E-state index contributed by atoms with van der Waals surface area (Å²) >= 11 is 0. The Bertz CT molecular complexity index is 3260. The van der Waals surface area contributed by atoms with Crippen molar-refractivity contribution >= 4 is 54.3 Å². The van der Waals surface area contributed by atoms with Gasteiger partial charge in [0.15, 0.2) is 17.5 Å². The maximum absolute atomic E-state index is 6.78. The van der Waals surface area contributed by atoms with E-state index in [4.69, 9.17) is 19.4 Å². The molecule has 0 aliphatic heterocycles. The summed E-state index contributed by atoms with van der Waals surface area (Å²) in [6.07, 6.45) is 0. The van der Waals surface area contributed by atoms with Gasteiger partial charge in [-0.2, -0.15) is 0 Å². The molecule has 0 aliphatic carbocycles. The molecule has 4 nitrogen and oxygen atoms in total. The maximum Gasteiger partial charge on any atom is 0.164 e. The Balaban J connectivity index is 1.10. The molecule has 4 heteroatoms. The zero-order chi connectivity index (χ0) is 36.3. The van der Waals surface area contributed by atoms with Crippen LogP contribution in [0.3, 0.4) is 0 Å². The van der Waals surface area contributed by atoms with Gasteiger partial charge in [-0.05, 0) is 91.5 Å². The summed E-state index contributed by atoms with van der Waals surface area (Å²) in [6, 6.07) is 65.8. The second-order valence-corrected chi connectivity index (χ2v) is 14.0. The van der Waals surface area contributed by atoms with Gasteiger partial charge in [0.2, 0.25) is 0 Å². The van der Waals surface area contributed by atoms with Crippen LogP contribution in [0.2, 0.25) is 0 Å². The Morgan fingerprint density at radius 1 is 0.309 bits per heavy atom. The summed E-state index contributed by atoms with van der Waals surface area (Å²) in [6.45, 7) is 0. The van der Waals surface area contributed by atoms with E-state index < -0.39 is 0 Å². The highest BCUT2D eigenvalue weighted by atomic mass is 16.3. The monoisotopic (exact) mass is 701 g/mol. The van der Waals surface area contributed by atoms with Gasteiger partial charge in [0.1, 0.15) is 11.2 Å². The van der Waals surface area contributed by atoms with Crippen LogP contribution < -0.4 is 0 Å². The molecular formula is C51H31N3O. The van der Waals surface area contributed by atoms with Gasteiger partial charge < -0.3 is 4.42 Å². The van der Waals surface area contributed by atoms with Crippen LogP contribution in [0.25, 0.3) is 111 Å². The molecule has 0 fully saturated rings. The standard InChI is InChI=1S/C51H31N3O/c1-3-12-33(13-4-1)43-25-26-44(47-45-30-36-17-9-10-18-37(36)31-46(45)55-48(43)47)51-53-49(34-14-5-2-6-15-34)52-50(54-51)42-24-23-40-28-39(21-22-41(40)29-42)38-20-19-32-11-7-8-16-35(32)27-38/h1-31H. The largest absolute Gasteiger partial charge is 0.455 e. The van der Waals surface area contributed by atoms with Crippen molar-refractivity contribution in [2.45, 2.75) is 0 Å². The number of fused-ring (bicyclic) bond motifs is 6. The molecule has 0 atom stereocenters. The van der Waals surface area contributed by atoms with Crippen molar-refractivity contribution in [1.29, 1.82) is 0 Å². The van der Waals surface area contributed by atoms with E-state index >= 15 is 0 Å². The fourth-order valence-corrected chi connectivity index (χ4v) is 7.87. The fourth-order valence-electron chi connectivity index (χ4n) is 7.87. The van der Waals surface area contributed by atoms with E-state index in [1.54, 1.807) is 0 Å². The average Bonchev–Trinajstić information content (AvgIpc) is 3.63. The number of furan rings is 1. The van der Waals surface area contributed by atoms with Gasteiger partial charge in [-0.25, -0.2) is 15.0 Å². The van der Waals surface area contributed by atoms with Crippen molar-refractivity contribution in [3.05, 3.63) is 188 Å². The van der Waals surface area contributed by atoms with E-state index in [2.05, 4.69) is 152 Å². The molecular weight excluding hydrogens is 671 g/mol. The Hall–Kier alpha value is -7.43. The summed E-state index contributed by atoms with van der Waals surface area (Å²) in [7, 11) is 0. The van der Waals surface area contributed by atoms with Gasteiger partial charge >= 0.3 is 0 Å². The molecule has 256 valence electrons. The molecule has 0 amide bonds. The minimum Gasteiger partial charge on any atom is -0.455 e. The van der Waals surface area contributed by atoms with E-state index in [1.165, 1.54) is 21.9 Å². The lowest BCUT2D eigenvalue weighted by atomic mass is 9.97. The average molecular weight is 702 g/mol. The Morgan fingerprint density at radius 2 is 0.782 bits per heavy atom. The molecule has 0 radical (unpaired) electrons. The zero-order valence-electron chi connectivity index (χ0n) is 29.6. The third-order valence-electron chi connectivity index (χ3n) is 10.7. The number of hydrogen-bond acceptors (Lipinski definition) is 4. The van der Waals surface area contributed by atoms with Crippen LogP contribution in [0.4, 0.5) is 0 Å². The van der Waals surface area contributed by atoms with Gasteiger partial charge in [-0.1, -0.05) is 146 Å². The van der Waals surface area contributed by atoms with E-state index in [0.717, 1.165) is 71.3 Å². The van der Waals surface area contributed by atoms with Crippen molar-refractivity contribution in [1.82, 2.24) is 15.0 Å². The quantitative estimate of drug-likeness (QED) is 0.179. The van der Waals surface area contributed by atoms with Crippen molar-refractivity contribution in [3.8, 4) is 56.4 Å². The maximum atomic E-state index is 6.78. The van der Waals surface area contributed by atoms with Gasteiger partial charge in [-0.15, -0.1) is 0 Å². The minimum atomic E-state index is 0.594. The van der Waals surface area contributed by atoms with E-state index in [9.17, 15) is 0 Å². The smallest absolute Gasteiger partial charge is 0.164 e. The van der Waals surface area contributed by atoms with Crippen molar-refractivity contribution in [3.63, 3.8) is 0 Å². The Labute approximate surface area is 317 Å². The normalized spacial score (nSPS) is 11.6. The number of nitrogens with zero attached hydrogens (tertiary/aromatic N) is 3. The van der Waals surface area contributed by atoms with Crippen molar-refractivity contribution in [2.75, 3.05) is 0 Å². The Kier molecular flexibility index (Phi) is 7.14. The molecule has 55 heavy (non-hydrogen) atoms. The van der Waals surface area contributed by atoms with Crippen molar-refractivity contribution < 1.29 is 4.42 Å². The summed E-state index contributed by atoms with van der Waals surface area (Å²) in [5, 5.41) is 9.04. The van der Waals surface area contributed by atoms with E-state index in [1.807, 2.05) is 36.4 Å². The van der Waals surface area contributed by atoms with Gasteiger partial charge in [0, 0.05) is 33.0 Å². The lowest BCUT2D eigenvalue weighted by Crippen LogP contribution is -2.00. The lowest BCUT2D eigenvalue weighted by molar-refractivity contribution is 0.670. The van der Waals surface area contributed by atoms with Gasteiger partial charge in [0.25, 0.3) is 0 Å². The molecule has 0 saturated carbocycles. The molecule has 2 aromatic heterocycles. The van der Waals surface area contributed by atoms with Gasteiger partial charge in [-0.3, -0.25) is 0 Å². The first-order valence-corrected chi connectivity index (χ1v) is 18.5. The second-order valence-electron chi connectivity index (χ2n) is 14.0. The van der Waals surface area contributed by atoms with Crippen LogP contribution in [0.1, 0.15) is 0 Å². The molecule has 2 heterocycles. The molecule has 0 bridgehead atoms. The van der Waals surface area contributed by atoms with Crippen LogP contribution in [0.15, 0.2) is 192 Å². The first-order chi connectivity index (χ1) is 27.2. The molecule has 0 unspecified atom stereocenters. The highest BCUT2D eigenvalue weighted by Gasteiger charge is 2.21. The van der Waals surface area contributed by atoms with E-state index in [0.29, 0.717) is 17.5 Å². The second kappa shape index (κ2) is 12.6. The number of aromatic nitrogens is 3. The molecule has 0 aliphatic rings. The highest BCUT2D eigenvalue weighted by Crippen LogP contribution is 2.43. The van der Waals surface area contributed by atoms with Crippen LogP contribution in [-0.4, -0.2) is 15.0 Å². The predicted octanol–water partition coefficient (Wildman–Crippen LogP) is 13.6. The predicted molar refractivity (Wildman–Crippen MR) is 227 cm³/mol. The highest BCUT2D eigenvalue weighted by molar-refractivity contribution is 6.18. The molecule has 9 aromatic carbocycles. The molecule has 11 rings (SSSR count). The zero-order valence-corrected chi connectivity index (χ0v) is 29.6. The SMILES string of the molecule is c1ccc(-c2nc(-c3ccc4cc(-c5ccc6ccccc6c5)ccc4c3)nc(-c3ccc(-c4ccccc4)c4oc5cc6ccccc6cc5c34)n2)cc1. The first kappa shape index (κ1) is 31.1. The van der Waals surface area contributed by atoms with Crippen LogP contribution in [0.5, 0.6) is 0 Å². The summed E-state index contributed by atoms with van der Waals surface area (Å²) in [5.41, 5.74) is 8.87. The van der Waals surface area contributed by atoms with Crippen LogP contribution in [-0.2, 0) is 0 Å². The summed E-state index contributed by atoms with van der Waals surface area (Å²) in [5.74, 6) is 1.82. The topological polar surface area (TPSA) is 51.8 Å². The number of rotatable bonds is 5. The molecule has 0 N–H and O–H groups in total. The minimum absolute atomic E-state index is 0.594. The van der Waals surface area contributed by atoms with Crippen molar-refractivity contribution in [2.24, 2.45) is 0 Å². The van der Waals surface area contributed by atoms with Crippen LogP contribution in [0, 0.1) is 0 Å². The summed E-state index contributed by atoms with van der Waals surface area (Å²) < 4.78 is 6.78. The molecule has 11 aromatic rings. The fraction of sp³-hybridized carbons (Fsp3) is 0. The third-order valence-corrected chi connectivity index (χ3v) is 10.7.